The van der Waals surface area contributed by atoms with Gasteiger partial charge in [-0.2, -0.15) is 10.2 Å². The zero-order valence-electron chi connectivity index (χ0n) is 13.5. The molecule has 4 aromatic rings. The number of anilines is 1. The SMILES string of the molecule is CNc1cc2cc(-c3c(C)c(F)cc4[nH]nc(SC)c34)ccn2n1. The van der Waals surface area contributed by atoms with Crippen molar-refractivity contribution in [3.05, 3.63) is 41.8 Å². The molecular weight excluding hydrogens is 325 g/mol. The van der Waals surface area contributed by atoms with Crippen molar-refractivity contribution in [2.24, 2.45) is 0 Å². The van der Waals surface area contributed by atoms with Gasteiger partial charge in [-0.25, -0.2) is 8.91 Å². The molecule has 1 aromatic carbocycles. The highest BCUT2D eigenvalue weighted by molar-refractivity contribution is 7.98. The fourth-order valence-corrected chi connectivity index (χ4v) is 3.56. The molecule has 0 atom stereocenters. The largest absolute Gasteiger partial charge is 0.372 e. The molecular formula is C17H16FN5S. The second kappa shape index (κ2) is 5.52. The van der Waals surface area contributed by atoms with E-state index in [0.717, 1.165) is 32.9 Å². The Kier molecular flexibility index (Phi) is 3.45. The van der Waals surface area contributed by atoms with Gasteiger partial charge < -0.3 is 5.32 Å². The fraction of sp³-hybridized carbons (Fsp3) is 0.176. The fourth-order valence-electron chi connectivity index (χ4n) is 3.01. The summed E-state index contributed by atoms with van der Waals surface area (Å²) in [6.45, 7) is 1.81. The first kappa shape index (κ1) is 15.0. The smallest absolute Gasteiger partial charge is 0.148 e. The lowest BCUT2D eigenvalue weighted by Crippen LogP contribution is -1.93. The lowest BCUT2D eigenvalue weighted by molar-refractivity contribution is 0.621. The van der Waals surface area contributed by atoms with Crippen LogP contribution in [0.5, 0.6) is 0 Å². The van der Waals surface area contributed by atoms with E-state index in [1.807, 2.05) is 37.7 Å². The number of rotatable bonds is 3. The highest BCUT2D eigenvalue weighted by Gasteiger charge is 2.18. The first-order valence-corrected chi connectivity index (χ1v) is 8.73. The number of nitrogens with one attached hydrogen (secondary N) is 2. The maximum Gasteiger partial charge on any atom is 0.148 e. The topological polar surface area (TPSA) is 58.0 Å². The summed E-state index contributed by atoms with van der Waals surface area (Å²) < 4.78 is 16.2. The molecule has 5 nitrogen and oxygen atoms in total. The number of thioether (sulfide) groups is 1. The molecule has 0 aliphatic rings. The Morgan fingerprint density at radius 1 is 1.29 bits per heavy atom. The summed E-state index contributed by atoms with van der Waals surface area (Å²) >= 11 is 1.55. The van der Waals surface area contributed by atoms with Gasteiger partial charge >= 0.3 is 0 Å². The first-order chi connectivity index (χ1) is 11.6. The maximum absolute atomic E-state index is 14.4. The molecule has 0 saturated heterocycles. The Morgan fingerprint density at radius 2 is 2.12 bits per heavy atom. The van der Waals surface area contributed by atoms with E-state index < -0.39 is 0 Å². The molecule has 3 aromatic heterocycles. The van der Waals surface area contributed by atoms with Gasteiger partial charge in [-0.1, -0.05) is 0 Å². The zero-order chi connectivity index (χ0) is 16.8. The van der Waals surface area contributed by atoms with E-state index in [1.54, 1.807) is 23.2 Å². The van der Waals surface area contributed by atoms with Crippen LogP contribution >= 0.6 is 11.8 Å². The minimum Gasteiger partial charge on any atom is -0.372 e. The number of aromatic amines is 1. The lowest BCUT2D eigenvalue weighted by atomic mass is 9.97. The molecule has 0 bridgehead atoms. The van der Waals surface area contributed by atoms with Gasteiger partial charge in [0.15, 0.2) is 0 Å². The summed E-state index contributed by atoms with van der Waals surface area (Å²) in [5, 5.41) is 16.5. The van der Waals surface area contributed by atoms with Gasteiger partial charge in [0.25, 0.3) is 0 Å². The van der Waals surface area contributed by atoms with E-state index in [-0.39, 0.29) is 5.82 Å². The number of aromatic nitrogens is 4. The van der Waals surface area contributed by atoms with Crippen LogP contribution in [0.2, 0.25) is 0 Å². The van der Waals surface area contributed by atoms with E-state index in [1.165, 1.54) is 6.07 Å². The molecule has 122 valence electrons. The Morgan fingerprint density at radius 3 is 2.88 bits per heavy atom. The molecule has 24 heavy (non-hydrogen) atoms. The molecule has 0 fully saturated rings. The van der Waals surface area contributed by atoms with Crippen molar-refractivity contribution in [3.8, 4) is 11.1 Å². The van der Waals surface area contributed by atoms with Gasteiger partial charge in [-0.3, -0.25) is 5.10 Å². The average molecular weight is 341 g/mol. The van der Waals surface area contributed by atoms with Gasteiger partial charge in [0.2, 0.25) is 0 Å². The second-order valence-electron chi connectivity index (χ2n) is 5.58. The van der Waals surface area contributed by atoms with Crippen molar-refractivity contribution in [2.75, 3.05) is 18.6 Å². The summed E-state index contributed by atoms with van der Waals surface area (Å²) in [6, 6.07) is 7.45. The Balaban J connectivity index is 2.04. The molecule has 4 rings (SSSR count). The number of hydrogen-bond acceptors (Lipinski definition) is 4. The van der Waals surface area contributed by atoms with E-state index in [0.29, 0.717) is 11.1 Å². The van der Waals surface area contributed by atoms with Crippen molar-refractivity contribution in [2.45, 2.75) is 11.9 Å². The van der Waals surface area contributed by atoms with E-state index in [9.17, 15) is 4.39 Å². The highest BCUT2D eigenvalue weighted by Crippen LogP contribution is 2.37. The summed E-state index contributed by atoms with van der Waals surface area (Å²) in [6.07, 6.45) is 3.86. The number of H-pyrrole nitrogens is 1. The van der Waals surface area contributed by atoms with Crippen molar-refractivity contribution >= 4 is 34.0 Å². The molecule has 0 radical (unpaired) electrons. The summed E-state index contributed by atoms with van der Waals surface area (Å²) in [5.74, 6) is 0.555. The zero-order valence-corrected chi connectivity index (χ0v) is 14.3. The summed E-state index contributed by atoms with van der Waals surface area (Å²) in [4.78, 5) is 0. The summed E-state index contributed by atoms with van der Waals surface area (Å²) in [5.41, 5.74) is 4.10. The van der Waals surface area contributed by atoms with Crippen LogP contribution in [0.4, 0.5) is 10.2 Å². The van der Waals surface area contributed by atoms with Crippen LogP contribution in [0, 0.1) is 12.7 Å². The number of hydrogen-bond donors (Lipinski definition) is 2. The van der Waals surface area contributed by atoms with E-state index in [2.05, 4.69) is 20.6 Å². The second-order valence-corrected chi connectivity index (χ2v) is 6.37. The molecule has 3 heterocycles. The number of nitrogens with zero attached hydrogens (tertiary/aromatic N) is 3. The molecule has 0 amide bonds. The lowest BCUT2D eigenvalue weighted by Gasteiger charge is -2.10. The molecule has 7 heteroatoms. The molecule has 0 spiro atoms. The van der Waals surface area contributed by atoms with Crippen LogP contribution in [0.3, 0.4) is 0 Å². The van der Waals surface area contributed by atoms with Gasteiger partial charge in [0.05, 0.1) is 11.0 Å². The van der Waals surface area contributed by atoms with Gasteiger partial charge in [0, 0.05) is 24.7 Å². The number of pyridine rings is 1. The monoisotopic (exact) mass is 341 g/mol. The predicted octanol–water partition coefficient (Wildman–Crippen LogP) is 4.09. The summed E-state index contributed by atoms with van der Waals surface area (Å²) in [7, 11) is 1.83. The minimum absolute atomic E-state index is 0.238. The van der Waals surface area contributed by atoms with Crippen LogP contribution in [0.25, 0.3) is 27.5 Å². The highest BCUT2D eigenvalue weighted by atomic mass is 32.2. The van der Waals surface area contributed by atoms with Crippen LogP contribution < -0.4 is 5.32 Å². The molecule has 0 saturated carbocycles. The van der Waals surface area contributed by atoms with Gasteiger partial charge in [0.1, 0.15) is 16.7 Å². The number of benzene rings is 1. The van der Waals surface area contributed by atoms with Gasteiger partial charge in [-0.15, -0.1) is 11.8 Å². The van der Waals surface area contributed by atoms with E-state index in [4.69, 9.17) is 0 Å². The normalized spacial score (nSPS) is 11.5. The molecule has 0 aliphatic carbocycles. The van der Waals surface area contributed by atoms with Crippen molar-refractivity contribution in [1.82, 2.24) is 19.8 Å². The first-order valence-electron chi connectivity index (χ1n) is 7.51. The van der Waals surface area contributed by atoms with E-state index >= 15 is 0 Å². The van der Waals surface area contributed by atoms with Crippen LogP contribution in [0.1, 0.15) is 5.56 Å². The van der Waals surface area contributed by atoms with Crippen molar-refractivity contribution in [3.63, 3.8) is 0 Å². The Hall–Kier alpha value is -2.54. The molecule has 0 aliphatic heterocycles. The van der Waals surface area contributed by atoms with Crippen LogP contribution in [0.15, 0.2) is 35.5 Å². The molecule has 2 N–H and O–H groups in total. The third-order valence-electron chi connectivity index (χ3n) is 4.22. The third-order valence-corrected chi connectivity index (χ3v) is 4.90. The Bertz CT molecular complexity index is 1070. The quantitative estimate of drug-likeness (QED) is 0.551. The Labute approximate surface area is 142 Å². The van der Waals surface area contributed by atoms with Crippen molar-refractivity contribution in [1.29, 1.82) is 0 Å². The van der Waals surface area contributed by atoms with Crippen LogP contribution in [-0.2, 0) is 0 Å². The molecule has 0 unspecified atom stereocenters. The van der Waals surface area contributed by atoms with Crippen LogP contribution in [-0.4, -0.2) is 33.1 Å². The predicted molar refractivity (Wildman–Crippen MR) is 96.3 cm³/mol. The maximum atomic E-state index is 14.4. The minimum atomic E-state index is -0.238. The number of halogens is 1. The standard InChI is InChI=1S/C17H16FN5S/c1-9-12(18)8-13-16(17(24-3)21-20-13)15(9)10-4-5-23-11(6-10)7-14(19-2)22-23/h4-8H,1-3H3,(H,19,22)(H,20,21). The average Bonchev–Trinajstić information content (AvgIpc) is 3.18. The van der Waals surface area contributed by atoms with Crippen molar-refractivity contribution < 1.29 is 4.39 Å². The van der Waals surface area contributed by atoms with Gasteiger partial charge in [-0.05, 0) is 48.1 Å². The number of fused-ring (bicyclic) bond motifs is 2. The third kappa shape index (κ3) is 2.16.